The fourth-order valence-electron chi connectivity index (χ4n) is 5.72. The molecule has 3 aromatic rings. The molecule has 1 N–H and O–H groups in total. The second kappa shape index (κ2) is 8.29. The number of esters is 1. The van der Waals surface area contributed by atoms with Gasteiger partial charge in [0, 0.05) is 36.0 Å². The first kappa shape index (κ1) is 20.9. The molecule has 174 valence electrons. The van der Waals surface area contributed by atoms with Crippen LogP contribution in [0.1, 0.15) is 29.9 Å². The van der Waals surface area contributed by atoms with Gasteiger partial charge >= 0.3 is 5.97 Å². The van der Waals surface area contributed by atoms with E-state index in [2.05, 4.69) is 10.5 Å². The summed E-state index contributed by atoms with van der Waals surface area (Å²) in [5.41, 5.74) is 1.65. The number of ether oxygens (including phenoxy) is 2. The van der Waals surface area contributed by atoms with Crippen LogP contribution in [0, 0.1) is 5.92 Å². The van der Waals surface area contributed by atoms with Crippen molar-refractivity contribution < 1.29 is 28.1 Å². The van der Waals surface area contributed by atoms with E-state index in [-0.39, 0.29) is 18.0 Å². The van der Waals surface area contributed by atoms with Crippen molar-refractivity contribution in [1.82, 2.24) is 5.16 Å². The number of fused-ring (bicyclic) bond motifs is 5. The molecule has 0 spiro atoms. The van der Waals surface area contributed by atoms with Crippen LogP contribution in [0.3, 0.4) is 0 Å². The zero-order valence-corrected chi connectivity index (χ0v) is 18.7. The molecule has 1 aromatic heterocycles. The number of carbonyl (C=O) groups is 2. The van der Waals surface area contributed by atoms with Crippen LogP contribution < -0.4 is 10.1 Å². The summed E-state index contributed by atoms with van der Waals surface area (Å²) >= 11 is 0. The molecule has 0 radical (unpaired) electrons. The lowest BCUT2D eigenvalue weighted by molar-refractivity contribution is -0.938. The van der Waals surface area contributed by atoms with E-state index in [1.54, 1.807) is 6.07 Å². The van der Waals surface area contributed by atoms with Crippen LogP contribution in [0.4, 0.5) is 5.82 Å². The molecule has 3 fully saturated rings. The van der Waals surface area contributed by atoms with Gasteiger partial charge in [-0.2, -0.15) is 0 Å². The zero-order chi connectivity index (χ0) is 23.1. The van der Waals surface area contributed by atoms with E-state index in [1.165, 1.54) is 6.26 Å². The molecule has 0 aliphatic carbocycles. The smallest absolute Gasteiger partial charge is 0.318 e. The van der Waals surface area contributed by atoms with Gasteiger partial charge in [0.25, 0.3) is 5.91 Å². The molecule has 0 unspecified atom stereocenters. The number of para-hydroxylation sites is 2. The highest BCUT2D eigenvalue weighted by Gasteiger charge is 2.49. The summed E-state index contributed by atoms with van der Waals surface area (Å²) in [4.78, 5) is 26.3. The third-order valence-electron chi connectivity index (χ3n) is 7.41. The second-order valence-electron chi connectivity index (χ2n) is 9.49. The van der Waals surface area contributed by atoms with Crippen LogP contribution in [0.15, 0.2) is 65.4 Å². The molecule has 0 saturated carbocycles. The van der Waals surface area contributed by atoms with Gasteiger partial charge in [-0.05, 0) is 12.1 Å². The molecule has 1 amide bonds. The quantitative estimate of drug-likeness (QED) is 0.461. The van der Waals surface area contributed by atoms with E-state index in [0.29, 0.717) is 40.8 Å². The van der Waals surface area contributed by atoms with Gasteiger partial charge in [0.15, 0.2) is 18.5 Å². The summed E-state index contributed by atoms with van der Waals surface area (Å²) < 4.78 is 17.7. The fraction of sp³-hybridized carbons (Fsp3) is 0.346. The predicted molar refractivity (Wildman–Crippen MR) is 122 cm³/mol. The molecule has 5 heterocycles. The Morgan fingerprint density at radius 1 is 1.00 bits per heavy atom. The van der Waals surface area contributed by atoms with E-state index >= 15 is 0 Å². The number of nitrogens with zero attached hydrogens (tertiary/aromatic N) is 2. The highest BCUT2D eigenvalue weighted by molar-refractivity contribution is 5.90. The standard InChI is InChI=1S/C26H25N3O5/c30-24(27-23-11-14-32-28-23)16-29-12-9-17(10-13-29)22(15-29)34-26(31)25-18-5-1-3-7-20(18)33-21-8-4-2-6-19(21)25/h1-8,11,14,17,22,25H,9-10,12-13,15-16H2/p+1/t17?,22-,29?/m0/s1. The number of aromatic nitrogens is 1. The maximum absolute atomic E-state index is 13.6. The fourth-order valence-corrected chi connectivity index (χ4v) is 5.72. The third-order valence-corrected chi connectivity index (χ3v) is 7.41. The van der Waals surface area contributed by atoms with E-state index in [0.717, 1.165) is 37.1 Å². The first-order chi connectivity index (χ1) is 16.6. The Morgan fingerprint density at radius 3 is 2.32 bits per heavy atom. The molecule has 8 nitrogen and oxygen atoms in total. The van der Waals surface area contributed by atoms with Crippen molar-refractivity contribution in [2.24, 2.45) is 5.92 Å². The molecule has 4 aliphatic rings. The summed E-state index contributed by atoms with van der Waals surface area (Å²) in [5, 5.41) is 6.55. The molecule has 3 saturated heterocycles. The summed E-state index contributed by atoms with van der Waals surface area (Å²) in [5.74, 6) is 1.22. The average Bonchev–Trinajstić information content (AvgIpc) is 3.35. The number of hydrogen-bond donors (Lipinski definition) is 1. The monoisotopic (exact) mass is 460 g/mol. The first-order valence-electron chi connectivity index (χ1n) is 11.7. The van der Waals surface area contributed by atoms with Crippen LogP contribution in [0.25, 0.3) is 0 Å². The largest absolute Gasteiger partial charge is 0.457 e. The van der Waals surface area contributed by atoms with Gasteiger partial charge in [-0.25, -0.2) is 0 Å². The maximum Gasteiger partial charge on any atom is 0.318 e. The Bertz CT molecular complexity index is 1170. The van der Waals surface area contributed by atoms with Crippen molar-refractivity contribution >= 4 is 17.7 Å². The zero-order valence-electron chi connectivity index (χ0n) is 18.7. The second-order valence-corrected chi connectivity index (χ2v) is 9.49. The Balaban J connectivity index is 1.20. The first-order valence-corrected chi connectivity index (χ1v) is 11.7. The van der Waals surface area contributed by atoms with E-state index < -0.39 is 5.92 Å². The molecular formula is C26H26N3O5+. The topological polar surface area (TPSA) is 90.7 Å². The van der Waals surface area contributed by atoms with E-state index in [4.69, 9.17) is 14.0 Å². The Morgan fingerprint density at radius 2 is 1.68 bits per heavy atom. The number of quaternary nitrogens is 1. The van der Waals surface area contributed by atoms with Crippen molar-refractivity contribution in [1.29, 1.82) is 0 Å². The van der Waals surface area contributed by atoms with Gasteiger partial charge in [0.05, 0.1) is 13.1 Å². The van der Waals surface area contributed by atoms with Crippen molar-refractivity contribution in [2.45, 2.75) is 24.9 Å². The van der Waals surface area contributed by atoms with Crippen LogP contribution >= 0.6 is 0 Å². The Hall–Kier alpha value is -3.65. The molecule has 34 heavy (non-hydrogen) atoms. The van der Waals surface area contributed by atoms with E-state index in [1.807, 2.05) is 48.5 Å². The lowest BCUT2D eigenvalue weighted by atomic mass is 9.82. The Labute approximate surface area is 197 Å². The minimum atomic E-state index is -0.527. The highest BCUT2D eigenvalue weighted by atomic mass is 16.5. The number of anilines is 1. The SMILES string of the molecule is O=C(C[N+]12CCC(CC1)[C@@H](OC(=O)C1c3ccccc3Oc3ccccc31)C2)Nc1ccon1. The number of nitrogens with one attached hydrogen (secondary N) is 1. The van der Waals surface area contributed by atoms with Gasteiger partial charge in [-0.15, -0.1) is 0 Å². The van der Waals surface area contributed by atoms with Crippen molar-refractivity contribution in [3.8, 4) is 11.5 Å². The van der Waals surface area contributed by atoms with Gasteiger partial charge in [0.2, 0.25) is 0 Å². The summed E-state index contributed by atoms with van der Waals surface area (Å²) in [6.07, 6.45) is 3.10. The van der Waals surface area contributed by atoms with Gasteiger partial charge in [-0.3, -0.25) is 9.59 Å². The van der Waals surface area contributed by atoms with Crippen LogP contribution in [-0.2, 0) is 14.3 Å². The lowest BCUT2D eigenvalue weighted by Gasteiger charge is -2.51. The molecular weight excluding hydrogens is 434 g/mol. The van der Waals surface area contributed by atoms with Crippen molar-refractivity contribution in [3.05, 3.63) is 72.0 Å². The van der Waals surface area contributed by atoms with Crippen LogP contribution in [-0.4, -0.2) is 53.8 Å². The molecule has 1 atom stereocenters. The van der Waals surface area contributed by atoms with Crippen LogP contribution in [0.5, 0.6) is 11.5 Å². The van der Waals surface area contributed by atoms with Gasteiger partial charge in [0.1, 0.15) is 30.2 Å². The molecule has 2 aromatic carbocycles. The Kier molecular flexibility index (Phi) is 5.10. The van der Waals surface area contributed by atoms with Gasteiger partial charge < -0.3 is 23.8 Å². The molecule has 4 aliphatic heterocycles. The number of piperidine rings is 3. The van der Waals surface area contributed by atoms with Crippen molar-refractivity contribution in [3.63, 3.8) is 0 Å². The molecule has 2 bridgehead atoms. The minimum absolute atomic E-state index is 0.105. The number of benzene rings is 2. The summed E-state index contributed by atoms with van der Waals surface area (Å²) in [6.45, 7) is 2.80. The van der Waals surface area contributed by atoms with Gasteiger partial charge in [-0.1, -0.05) is 41.6 Å². The number of hydrogen-bond acceptors (Lipinski definition) is 6. The average molecular weight is 461 g/mol. The van der Waals surface area contributed by atoms with Crippen LogP contribution in [0.2, 0.25) is 0 Å². The number of rotatable bonds is 5. The lowest BCUT2D eigenvalue weighted by Crippen LogP contribution is -2.66. The number of amides is 1. The minimum Gasteiger partial charge on any atom is -0.457 e. The van der Waals surface area contributed by atoms with E-state index in [9.17, 15) is 9.59 Å². The number of carbonyl (C=O) groups excluding carboxylic acids is 2. The summed E-state index contributed by atoms with van der Waals surface area (Å²) in [7, 11) is 0. The molecule has 7 rings (SSSR count). The maximum atomic E-state index is 13.6. The third kappa shape index (κ3) is 3.74. The van der Waals surface area contributed by atoms with Crippen molar-refractivity contribution in [2.75, 3.05) is 31.5 Å². The summed E-state index contributed by atoms with van der Waals surface area (Å²) in [6, 6.07) is 16.9. The highest BCUT2D eigenvalue weighted by Crippen LogP contribution is 2.45. The molecule has 8 heteroatoms. The normalized spacial score (nSPS) is 25.1. The predicted octanol–water partition coefficient (Wildman–Crippen LogP) is 3.70.